The molecule has 3 rings (SSSR count). The van der Waals surface area contributed by atoms with Crippen LogP contribution in [0.3, 0.4) is 0 Å². The Kier molecular flexibility index (Phi) is 6.55. The minimum atomic E-state index is -3.48. The summed E-state index contributed by atoms with van der Waals surface area (Å²) in [6, 6.07) is 7.10. The van der Waals surface area contributed by atoms with E-state index in [1.54, 1.807) is 12.1 Å². The maximum Gasteiger partial charge on any atom is 0.243 e. The second-order valence-electron chi connectivity index (χ2n) is 7.89. The second-order valence-corrected chi connectivity index (χ2v) is 9.82. The molecular weight excluding hydrogens is 362 g/mol. The molecule has 1 amide bonds. The van der Waals surface area contributed by atoms with Crippen LogP contribution < -0.4 is 11.1 Å². The smallest absolute Gasteiger partial charge is 0.243 e. The number of carbonyl (C=O) groups excluding carboxylic acids is 1. The summed E-state index contributed by atoms with van der Waals surface area (Å²) in [4.78, 5) is 13.0. The van der Waals surface area contributed by atoms with E-state index in [1.807, 2.05) is 19.1 Å². The molecule has 1 aromatic carbocycles. The van der Waals surface area contributed by atoms with E-state index in [4.69, 9.17) is 5.73 Å². The van der Waals surface area contributed by atoms with Crippen molar-refractivity contribution in [1.29, 1.82) is 0 Å². The van der Waals surface area contributed by atoms with Gasteiger partial charge in [-0.15, -0.1) is 0 Å². The first kappa shape index (κ1) is 20.3. The molecule has 6 nitrogen and oxygen atoms in total. The van der Waals surface area contributed by atoms with Crippen LogP contribution in [0.2, 0.25) is 0 Å². The maximum atomic E-state index is 12.8. The Hall–Kier alpha value is -1.44. The van der Waals surface area contributed by atoms with Gasteiger partial charge < -0.3 is 11.1 Å². The third kappa shape index (κ3) is 4.70. The van der Waals surface area contributed by atoms with Crippen LogP contribution in [0.1, 0.15) is 44.1 Å². The maximum absolute atomic E-state index is 12.8. The number of nitrogens with two attached hydrogens (primary N) is 1. The van der Waals surface area contributed by atoms with Crippen LogP contribution in [-0.2, 0) is 14.8 Å². The SMILES string of the molecule is Cc1ccc(S(=O)(=O)N2CCC(C(=O)NC3CCCCC3CN)CC2)cc1. The molecule has 2 fully saturated rings. The lowest BCUT2D eigenvalue weighted by Crippen LogP contribution is -2.49. The first-order valence-electron chi connectivity index (χ1n) is 9.99. The molecule has 0 aromatic heterocycles. The van der Waals surface area contributed by atoms with Gasteiger partial charge in [0.25, 0.3) is 0 Å². The van der Waals surface area contributed by atoms with E-state index in [2.05, 4.69) is 5.32 Å². The lowest BCUT2D eigenvalue weighted by molar-refractivity contribution is -0.127. The fourth-order valence-corrected chi connectivity index (χ4v) is 5.67. The lowest BCUT2D eigenvalue weighted by Gasteiger charge is -2.34. The van der Waals surface area contributed by atoms with Crippen molar-refractivity contribution in [2.45, 2.75) is 56.4 Å². The Morgan fingerprint density at radius 2 is 1.74 bits per heavy atom. The van der Waals surface area contributed by atoms with Crippen LogP contribution >= 0.6 is 0 Å². The molecule has 3 N–H and O–H groups in total. The summed E-state index contributed by atoms with van der Waals surface area (Å²) in [5.41, 5.74) is 6.88. The molecule has 2 atom stereocenters. The highest BCUT2D eigenvalue weighted by Gasteiger charge is 2.34. The van der Waals surface area contributed by atoms with Gasteiger partial charge in [0.2, 0.25) is 15.9 Å². The van der Waals surface area contributed by atoms with Gasteiger partial charge in [-0.25, -0.2) is 8.42 Å². The third-order valence-corrected chi connectivity index (χ3v) is 7.94. The number of benzene rings is 1. The number of aryl methyl sites for hydroxylation is 1. The zero-order valence-electron chi connectivity index (χ0n) is 16.1. The number of carbonyl (C=O) groups is 1. The molecule has 1 aliphatic heterocycles. The number of sulfonamides is 1. The summed E-state index contributed by atoms with van der Waals surface area (Å²) in [7, 11) is -3.48. The van der Waals surface area contributed by atoms with Crippen LogP contribution in [0.5, 0.6) is 0 Å². The molecule has 1 aliphatic carbocycles. The van der Waals surface area contributed by atoms with Crippen molar-refractivity contribution < 1.29 is 13.2 Å². The van der Waals surface area contributed by atoms with Gasteiger partial charge in [-0.05, 0) is 57.2 Å². The summed E-state index contributed by atoms with van der Waals surface area (Å²) in [5.74, 6) is 0.312. The minimum Gasteiger partial charge on any atom is -0.353 e. The Morgan fingerprint density at radius 1 is 1.11 bits per heavy atom. The summed E-state index contributed by atoms with van der Waals surface area (Å²) < 4.78 is 27.1. The summed E-state index contributed by atoms with van der Waals surface area (Å²) in [6.45, 7) is 3.32. The molecule has 7 heteroatoms. The van der Waals surface area contributed by atoms with Gasteiger partial charge in [0.1, 0.15) is 0 Å². The highest BCUT2D eigenvalue weighted by atomic mass is 32.2. The first-order chi connectivity index (χ1) is 12.9. The van der Waals surface area contributed by atoms with Crippen LogP contribution in [0.15, 0.2) is 29.2 Å². The summed E-state index contributed by atoms with van der Waals surface area (Å²) >= 11 is 0. The molecule has 2 unspecified atom stereocenters. The second kappa shape index (κ2) is 8.71. The summed E-state index contributed by atoms with van der Waals surface area (Å²) in [5, 5.41) is 3.19. The van der Waals surface area contributed by atoms with E-state index < -0.39 is 10.0 Å². The number of hydrogen-bond donors (Lipinski definition) is 2. The largest absolute Gasteiger partial charge is 0.353 e. The molecule has 0 spiro atoms. The van der Waals surface area contributed by atoms with Crippen molar-refractivity contribution in [3.05, 3.63) is 29.8 Å². The number of nitrogens with zero attached hydrogens (tertiary/aromatic N) is 1. The van der Waals surface area contributed by atoms with Crippen molar-refractivity contribution in [2.75, 3.05) is 19.6 Å². The standard InChI is InChI=1S/C20H31N3O3S/c1-15-6-8-18(9-7-15)27(25,26)23-12-10-16(11-13-23)20(24)22-19-5-3-2-4-17(19)14-21/h6-9,16-17,19H,2-5,10-14,21H2,1H3,(H,22,24). The van der Waals surface area contributed by atoms with E-state index in [9.17, 15) is 13.2 Å². The van der Waals surface area contributed by atoms with Gasteiger partial charge in [-0.1, -0.05) is 30.5 Å². The molecule has 0 bridgehead atoms. The number of nitrogens with one attached hydrogen (secondary N) is 1. The average Bonchev–Trinajstić information content (AvgIpc) is 2.69. The zero-order valence-corrected chi connectivity index (χ0v) is 16.9. The number of rotatable bonds is 5. The number of amides is 1. The van der Waals surface area contributed by atoms with Crippen LogP contribution in [-0.4, -0.2) is 44.3 Å². The van der Waals surface area contributed by atoms with Crippen LogP contribution in [0, 0.1) is 18.8 Å². The van der Waals surface area contributed by atoms with Crippen molar-refractivity contribution in [3.8, 4) is 0 Å². The molecule has 1 heterocycles. The predicted octanol–water partition coefficient (Wildman–Crippen LogP) is 2.03. The molecule has 1 aromatic rings. The van der Waals surface area contributed by atoms with E-state index in [1.165, 1.54) is 10.7 Å². The molecule has 0 radical (unpaired) electrons. The Morgan fingerprint density at radius 3 is 2.37 bits per heavy atom. The minimum absolute atomic E-state index is 0.0627. The normalized spacial score (nSPS) is 25.3. The molecule has 27 heavy (non-hydrogen) atoms. The average molecular weight is 394 g/mol. The molecule has 1 saturated heterocycles. The van der Waals surface area contributed by atoms with Crippen LogP contribution in [0.4, 0.5) is 0 Å². The van der Waals surface area contributed by atoms with Crippen molar-refractivity contribution in [2.24, 2.45) is 17.6 Å². The third-order valence-electron chi connectivity index (χ3n) is 6.02. The monoisotopic (exact) mass is 393 g/mol. The van der Waals surface area contributed by atoms with E-state index in [-0.39, 0.29) is 17.9 Å². The Labute approximate surface area is 162 Å². The van der Waals surface area contributed by atoms with E-state index in [0.717, 1.165) is 24.8 Å². The van der Waals surface area contributed by atoms with Crippen molar-refractivity contribution in [1.82, 2.24) is 9.62 Å². The molecule has 1 saturated carbocycles. The zero-order chi connectivity index (χ0) is 19.4. The fraction of sp³-hybridized carbons (Fsp3) is 0.650. The van der Waals surface area contributed by atoms with Gasteiger partial charge in [-0.2, -0.15) is 4.31 Å². The van der Waals surface area contributed by atoms with E-state index >= 15 is 0 Å². The van der Waals surface area contributed by atoms with Gasteiger partial charge >= 0.3 is 0 Å². The topological polar surface area (TPSA) is 92.5 Å². The Bertz CT molecular complexity index is 740. The van der Waals surface area contributed by atoms with E-state index in [0.29, 0.717) is 43.3 Å². The van der Waals surface area contributed by atoms with Gasteiger partial charge in [0, 0.05) is 25.0 Å². The lowest BCUT2D eigenvalue weighted by atomic mass is 9.84. The Balaban J connectivity index is 1.56. The quantitative estimate of drug-likeness (QED) is 0.801. The molecule has 2 aliphatic rings. The molecular formula is C20H31N3O3S. The highest BCUT2D eigenvalue weighted by Crippen LogP contribution is 2.27. The van der Waals surface area contributed by atoms with Crippen molar-refractivity contribution >= 4 is 15.9 Å². The first-order valence-corrected chi connectivity index (χ1v) is 11.4. The van der Waals surface area contributed by atoms with Gasteiger partial charge in [0.15, 0.2) is 0 Å². The van der Waals surface area contributed by atoms with Crippen LogP contribution in [0.25, 0.3) is 0 Å². The number of piperidine rings is 1. The van der Waals surface area contributed by atoms with Crippen molar-refractivity contribution in [3.63, 3.8) is 0 Å². The number of hydrogen-bond acceptors (Lipinski definition) is 4. The van der Waals surface area contributed by atoms with Gasteiger partial charge in [0.05, 0.1) is 4.90 Å². The highest BCUT2D eigenvalue weighted by molar-refractivity contribution is 7.89. The van der Waals surface area contributed by atoms with Gasteiger partial charge in [-0.3, -0.25) is 4.79 Å². The molecule has 150 valence electrons. The summed E-state index contributed by atoms with van der Waals surface area (Å²) in [6.07, 6.45) is 5.52. The predicted molar refractivity (Wildman–Crippen MR) is 106 cm³/mol. The fourth-order valence-electron chi connectivity index (χ4n) is 4.20.